The highest BCUT2D eigenvalue weighted by Crippen LogP contribution is 2.19. The van der Waals surface area contributed by atoms with Crippen molar-refractivity contribution in [2.75, 3.05) is 31.3 Å². The van der Waals surface area contributed by atoms with Gasteiger partial charge in [0.15, 0.2) is 0 Å². The van der Waals surface area contributed by atoms with Crippen LogP contribution in [0.5, 0.6) is 0 Å². The first kappa shape index (κ1) is 17.4. The van der Waals surface area contributed by atoms with Gasteiger partial charge in [0.05, 0.1) is 18.7 Å². The summed E-state index contributed by atoms with van der Waals surface area (Å²) in [5.41, 5.74) is 3.26. The van der Waals surface area contributed by atoms with Crippen molar-refractivity contribution in [3.8, 4) is 0 Å². The molecule has 138 valence electrons. The van der Waals surface area contributed by atoms with Crippen LogP contribution in [0.2, 0.25) is 0 Å². The Balaban J connectivity index is 1.55. The Bertz CT molecular complexity index is 966. The van der Waals surface area contributed by atoms with E-state index in [0.29, 0.717) is 37.8 Å². The normalized spacial score (nSPS) is 15.0. The van der Waals surface area contributed by atoms with E-state index in [1.165, 1.54) is 0 Å². The van der Waals surface area contributed by atoms with E-state index in [0.717, 1.165) is 22.3 Å². The molecule has 4 rings (SSSR count). The van der Waals surface area contributed by atoms with Gasteiger partial charge in [0, 0.05) is 41.6 Å². The van der Waals surface area contributed by atoms with Crippen molar-refractivity contribution in [1.82, 2.24) is 19.9 Å². The number of pyridine rings is 1. The molecule has 0 unspecified atom stereocenters. The van der Waals surface area contributed by atoms with E-state index in [-0.39, 0.29) is 5.91 Å². The second-order valence-corrected chi connectivity index (χ2v) is 6.55. The predicted octanol–water partition coefficient (Wildman–Crippen LogP) is 2.54. The number of carbonyl (C=O) groups excluding carboxylic acids is 1. The molecule has 1 amide bonds. The zero-order valence-electron chi connectivity index (χ0n) is 15.4. The summed E-state index contributed by atoms with van der Waals surface area (Å²) in [6.45, 7) is 5.81. The van der Waals surface area contributed by atoms with Gasteiger partial charge in [-0.15, -0.1) is 0 Å². The highest BCUT2D eigenvalue weighted by atomic mass is 16.7. The highest BCUT2D eigenvalue weighted by Gasteiger charge is 2.23. The largest absolute Gasteiger partial charge is 0.334 e. The smallest absolute Gasteiger partial charge is 0.254 e. The van der Waals surface area contributed by atoms with Gasteiger partial charge in [-0.3, -0.25) is 14.6 Å². The third-order valence-corrected chi connectivity index (χ3v) is 4.54. The summed E-state index contributed by atoms with van der Waals surface area (Å²) in [4.78, 5) is 34.0. The van der Waals surface area contributed by atoms with Crippen LogP contribution in [0.1, 0.15) is 21.7 Å². The van der Waals surface area contributed by atoms with Crippen LogP contribution in [0, 0.1) is 13.8 Å². The van der Waals surface area contributed by atoms with Crippen LogP contribution in [0.25, 0.3) is 10.9 Å². The molecule has 0 bridgehead atoms. The number of hydrogen-bond acceptors (Lipinski definition) is 6. The number of rotatable bonds is 2. The van der Waals surface area contributed by atoms with Gasteiger partial charge in [0.2, 0.25) is 5.95 Å². The quantitative estimate of drug-likeness (QED) is 0.697. The molecule has 0 radical (unpaired) electrons. The molecule has 1 saturated heterocycles. The van der Waals surface area contributed by atoms with E-state index in [4.69, 9.17) is 4.84 Å². The van der Waals surface area contributed by atoms with E-state index in [2.05, 4.69) is 15.0 Å². The van der Waals surface area contributed by atoms with Crippen LogP contribution in [-0.4, -0.2) is 52.0 Å². The monoisotopic (exact) mass is 363 g/mol. The zero-order valence-corrected chi connectivity index (χ0v) is 15.4. The maximum absolute atomic E-state index is 13.1. The summed E-state index contributed by atoms with van der Waals surface area (Å²) in [5.74, 6) is 0.525. The lowest BCUT2D eigenvalue weighted by Gasteiger charge is -2.21. The minimum atomic E-state index is -0.0135. The SMILES string of the molecule is Cc1cc(C)nc(N2CCN(C(=O)c3cccc4ncccc34)CCO2)n1. The van der Waals surface area contributed by atoms with Crippen molar-refractivity contribution in [2.45, 2.75) is 13.8 Å². The molecule has 2 aromatic heterocycles. The Kier molecular flexibility index (Phi) is 4.68. The Hall–Kier alpha value is -3.06. The Labute approximate surface area is 157 Å². The fraction of sp³-hybridized carbons (Fsp3) is 0.300. The van der Waals surface area contributed by atoms with E-state index in [9.17, 15) is 4.79 Å². The molecular weight excluding hydrogens is 342 g/mol. The summed E-state index contributed by atoms with van der Waals surface area (Å²) in [6, 6.07) is 11.3. The number of carbonyl (C=O) groups is 1. The summed E-state index contributed by atoms with van der Waals surface area (Å²) in [6.07, 6.45) is 1.73. The summed E-state index contributed by atoms with van der Waals surface area (Å²) < 4.78 is 0. The number of hydrogen-bond donors (Lipinski definition) is 0. The molecule has 7 nitrogen and oxygen atoms in total. The van der Waals surface area contributed by atoms with Gasteiger partial charge in [-0.1, -0.05) is 12.1 Å². The molecule has 0 atom stereocenters. The van der Waals surface area contributed by atoms with Crippen molar-refractivity contribution in [1.29, 1.82) is 0 Å². The third-order valence-electron chi connectivity index (χ3n) is 4.54. The van der Waals surface area contributed by atoms with E-state index < -0.39 is 0 Å². The van der Waals surface area contributed by atoms with Crippen LogP contribution in [0.15, 0.2) is 42.6 Å². The van der Waals surface area contributed by atoms with Gasteiger partial charge in [0.25, 0.3) is 5.91 Å². The number of hydroxylamine groups is 1. The first-order valence-electron chi connectivity index (χ1n) is 8.97. The Morgan fingerprint density at radius 2 is 1.85 bits per heavy atom. The number of nitrogens with zero attached hydrogens (tertiary/aromatic N) is 5. The lowest BCUT2D eigenvalue weighted by Crippen LogP contribution is -2.35. The molecule has 1 aliphatic rings. The summed E-state index contributed by atoms with van der Waals surface area (Å²) in [7, 11) is 0. The van der Waals surface area contributed by atoms with Crippen LogP contribution in [0.4, 0.5) is 5.95 Å². The van der Waals surface area contributed by atoms with Gasteiger partial charge in [-0.25, -0.2) is 15.0 Å². The molecule has 27 heavy (non-hydrogen) atoms. The van der Waals surface area contributed by atoms with Crippen LogP contribution in [-0.2, 0) is 4.84 Å². The predicted molar refractivity (Wildman–Crippen MR) is 102 cm³/mol. The van der Waals surface area contributed by atoms with Gasteiger partial charge < -0.3 is 4.90 Å². The molecule has 0 N–H and O–H groups in total. The van der Waals surface area contributed by atoms with Crippen LogP contribution >= 0.6 is 0 Å². The minimum absolute atomic E-state index is 0.0135. The number of amides is 1. The highest BCUT2D eigenvalue weighted by molar-refractivity contribution is 6.06. The second-order valence-electron chi connectivity index (χ2n) is 6.55. The Morgan fingerprint density at radius 1 is 1.04 bits per heavy atom. The zero-order chi connectivity index (χ0) is 18.8. The minimum Gasteiger partial charge on any atom is -0.334 e. The van der Waals surface area contributed by atoms with Gasteiger partial charge in [-0.05, 0) is 38.1 Å². The molecule has 0 saturated carbocycles. The number of aromatic nitrogens is 3. The lowest BCUT2D eigenvalue weighted by molar-refractivity contribution is 0.0731. The van der Waals surface area contributed by atoms with Crippen molar-refractivity contribution < 1.29 is 9.63 Å². The number of fused-ring (bicyclic) bond motifs is 1. The number of anilines is 1. The number of benzene rings is 1. The summed E-state index contributed by atoms with van der Waals surface area (Å²) in [5, 5.41) is 2.54. The average molecular weight is 363 g/mol. The van der Waals surface area contributed by atoms with Gasteiger partial charge >= 0.3 is 0 Å². The van der Waals surface area contributed by atoms with Crippen molar-refractivity contribution >= 4 is 22.8 Å². The standard InChI is InChI=1S/C20H21N5O2/c1-14-13-15(2)23-20(22-14)25-10-9-24(11-12-27-25)19(26)17-5-3-7-18-16(17)6-4-8-21-18/h3-8,13H,9-12H2,1-2H3. The maximum Gasteiger partial charge on any atom is 0.254 e. The lowest BCUT2D eigenvalue weighted by atomic mass is 10.1. The molecule has 0 aliphatic carbocycles. The summed E-state index contributed by atoms with van der Waals surface area (Å²) >= 11 is 0. The fourth-order valence-electron chi connectivity index (χ4n) is 3.29. The average Bonchev–Trinajstić information content (AvgIpc) is 2.92. The molecule has 1 aromatic carbocycles. The van der Waals surface area contributed by atoms with Crippen molar-refractivity contribution in [2.24, 2.45) is 0 Å². The number of aryl methyl sites for hydroxylation is 2. The van der Waals surface area contributed by atoms with Gasteiger partial charge in [-0.2, -0.15) is 0 Å². The van der Waals surface area contributed by atoms with Gasteiger partial charge in [0.1, 0.15) is 0 Å². The van der Waals surface area contributed by atoms with Crippen LogP contribution < -0.4 is 5.06 Å². The topological polar surface area (TPSA) is 71.5 Å². The molecule has 7 heteroatoms. The molecule has 3 aromatic rings. The fourth-order valence-corrected chi connectivity index (χ4v) is 3.29. The van der Waals surface area contributed by atoms with Crippen molar-refractivity contribution in [3.05, 3.63) is 59.5 Å². The van der Waals surface area contributed by atoms with E-state index in [1.807, 2.05) is 55.1 Å². The first-order chi connectivity index (χ1) is 13.1. The maximum atomic E-state index is 13.1. The van der Waals surface area contributed by atoms with Crippen LogP contribution in [0.3, 0.4) is 0 Å². The first-order valence-corrected chi connectivity index (χ1v) is 8.97. The molecule has 1 fully saturated rings. The molecular formula is C20H21N5O2. The second kappa shape index (κ2) is 7.28. The molecule has 0 spiro atoms. The van der Waals surface area contributed by atoms with E-state index in [1.54, 1.807) is 11.3 Å². The third kappa shape index (κ3) is 3.59. The Morgan fingerprint density at radius 3 is 2.67 bits per heavy atom. The van der Waals surface area contributed by atoms with Crippen molar-refractivity contribution in [3.63, 3.8) is 0 Å². The molecule has 3 heterocycles. The molecule has 1 aliphatic heterocycles. The van der Waals surface area contributed by atoms with E-state index >= 15 is 0 Å².